The average Bonchev–Trinajstić information content (AvgIpc) is 3.11. The van der Waals surface area contributed by atoms with Crippen molar-refractivity contribution in [2.45, 2.75) is 63.3 Å². The number of amides is 1. The third kappa shape index (κ3) is 5.69. The number of hydrogen-bond donors (Lipinski definition) is 1. The number of anilines is 1. The van der Waals surface area contributed by atoms with Gasteiger partial charge in [0, 0.05) is 5.75 Å². The van der Waals surface area contributed by atoms with E-state index in [1.54, 1.807) is 11.8 Å². The zero-order chi connectivity index (χ0) is 19.2. The molecule has 1 unspecified atom stereocenters. The first-order valence-corrected chi connectivity index (χ1v) is 11.4. The largest absolute Gasteiger partial charge is 0.481 e. The lowest BCUT2D eigenvalue weighted by atomic mass is 9.92. The van der Waals surface area contributed by atoms with E-state index in [-0.39, 0.29) is 5.91 Å². The number of ether oxygens (including phenoxy) is 1. The van der Waals surface area contributed by atoms with E-state index in [4.69, 9.17) is 4.74 Å². The number of carbonyl (C=O) groups is 1. The highest BCUT2D eigenvalue weighted by Gasteiger charge is 2.21. The van der Waals surface area contributed by atoms with E-state index >= 15 is 0 Å². The van der Waals surface area contributed by atoms with Gasteiger partial charge < -0.3 is 4.74 Å². The number of benzene rings is 1. The fraction of sp³-hybridized carbons (Fsp3) is 0.550. The summed E-state index contributed by atoms with van der Waals surface area (Å²) >= 11 is 3.08. The van der Waals surface area contributed by atoms with Gasteiger partial charge in [-0.1, -0.05) is 49.9 Å². The number of aryl methyl sites for hydroxylation is 2. The van der Waals surface area contributed by atoms with E-state index in [0.717, 1.165) is 28.7 Å². The van der Waals surface area contributed by atoms with Gasteiger partial charge in [-0.2, -0.15) is 0 Å². The molecule has 1 aromatic heterocycles. The second kappa shape index (κ2) is 9.55. The smallest absolute Gasteiger partial charge is 0.267 e. The Bertz CT molecular complexity index is 776. The van der Waals surface area contributed by atoms with Crippen LogP contribution >= 0.6 is 23.1 Å². The van der Waals surface area contributed by atoms with Crippen LogP contribution < -0.4 is 10.1 Å². The van der Waals surface area contributed by atoms with Crippen molar-refractivity contribution in [1.29, 1.82) is 0 Å². The molecule has 1 aromatic carbocycles. The lowest BCUT2D eigenvalue weighted by Crippen LogP contribution is -2.32. The lowest BCUT2D eigenvalue weighted by Gasteiger charge is -2.20. The van der Waals surface area contributed by atoms with Crippen LogP contribution in [0.15, 0.2) is 22.5 Å². The van der Waals surface area contributed by atoms with Crippen LogP contribution in [0.4, 0.5) is 5.13 Å². The molecule has 1 N–H and O–H groups in total. The predicted molar refractivity (Wildman–Crippen MR) is 112 cm³/mol. The van der Waals surface area contributed by atoms with Crippen LogP contribution in [-0.4, -0.2) is 28.0 Å². The number of rotatable bonds is 8. The van der Waals surface area contributed by atoms with Gasteiger partial charge in [0.2, 0.25) is 5.13 Å². The van der Waals surface area contributed by atoms with Crippen LogP contribution in [0.25, 0.3) is 0 Å². The fourth-order valence-corrected chi connectivity index (χ4v) is 4.74. The van der Waals surface area contributed by atoms with Crippen LogP contribution in [-0.2, 0) is 17.6 Å². The van der Waals surface area contributed by atoms with Crippen molar-refractivity contribution < 1.29 is 9.53 Å². The normalized spacial score (nSPS) is 14.7. The van der Waals surface area contributed by atoms with Gasteiger partial charge in [0.25, 0.3) is 5.91 Å². The van der Waals surface area contributed by atoms with E-state index in [0.29, 0.717) is 17.5 Å². The Balaban J connectivity index is 1.59. The molecule has 1 aliphatic rings. The van der Waals surface area contributed by atoms with Crippen molar-refractivity contribution >= 4 is 34.1 Å². The maximum Gasteiger partial charge on any atom is 0.267 e. The number of nitrogens with one attached hydrogen (secondary N) is 1. The molecule has 1 amide bonds. The predicted octanol–water partition coefficient (Wildman–Crippen LogP) is 4.96. The van der Waals surface area contributed by atoms with Crippen LogP contribution in [0.5, 0.6) is 5.75 Å². The molecule has 1 atom stereocenters. The van der Waals surface area contributed by atoms with E-state index in [2.05, 4.69) is 41.5 Å². The zero-order valence-corrected chi connectivity index (χ0v) is 17.8. The van der Waals surface area contributed by atoms with Gasteiger partial charge in [-0.05, 0) is 61.3 Å². The number of hydrogen-bond acceptors (Lipinski definition) is 6. The van der Waals surface area contributed by atoms with Crippen LogP contribution in [0.3, 0.4) is 0 Å². The van der Waals surface area contributed by atoms with Gasteiger partial charge in [-0.25, -0.2) is 0 Å². The molecule has 2 aromatic rings. The van der Waals surface area contributed by atoms with E-state index in [1.165, 1.54) is 35.3 Å². The summed E-state index contributed by atoms with van der Waals surface area (Å²) in [5, 5.41) is 11.6. The quantitative estimate of drug-likeness (QED) is 0.497. The third-order valence-corrected chi connectivity index (χ3v) is 6.84. The Kier molecular flexibility index (Phi) is 7.13. The molecule has 0 saturated carbocycles. The third-order valence-electron chi connectivity index (χ3n) is 4.44. The molecular weight excluding hydrogens is 378 g/mol. The Morgan fingerprint density at radius 2 is 2.04 bits per heavy atom. The number of carbonyl (C=O) groups excluding carboxylic acids is 1. The summed E-state index contributed by atoms with van der Waals surface area (Å²) in [6.45, 7) is 6.29. The molecule has 146 valence electrons. The molecule has 5 nitrogen and oxygen atoms in total. The maximum atomic E-state index is 12.6. The number of nitrogens with zero attached hydrogens (tertiary/aromatic N) is 2. The van der Waals surface area contributed by atoms with Crippen molar-refractivity contribution in [1.82, 2.24) is 10.2 Å². The molecule has 0 aliphatic heterocycles. The molecule has 1 aliphatic carbocycles. The number of thioether (sulfide) groups is 1. The van der Waals surface area contributed by atoms with Crippen LogP contribution in [0.2, 0.25) is 0 Å². The van der Waals surface area contributed by atoms with Gasteiger partial charge in [-0.15, -0.1) is 10.2 Å². The molecule has 27 heavy (non-hydrogen) atoms. The summed E-state index contributed by atoms with van der Waals surface area (Å²) in [5.74, 6) is 2.17. The van der Waals surface area contributed by atoms with Crippen molar-refractivity contribution in [2.75, 3.05) is 11.1 Å². The average molecular weight is 406 g/mol. The minimum absolute atomic E-state index is 0.174. The second-order valence-electron chi connectivity index (χ2n) is 7.22. The minimum atomic E-state index is -0.540. The first kappa shape index (κ1) is 20.1. The SMILES string of the molecule is CCC(Oc1ccc2c(c1)CCCC2)C(=O)Nc1nnc(SCC(C)C)s1. The van der Waals surface area contributed by atoms with E-state index in [9.17, 15) is 4.79 Å². The number of aromatic nitrogens is 2. The van der Waals surface area contributed by atoms with Gasteiger partial charge in [-0.3, -0.25) is 10.1 Å². The molecule has 3 rings (SSSR count). The van der Waals surface area contributed by atoms with Gasteiger partial charge >= 0.3 is 0 Å². The van der Waals surface area contributed by atoms with Crippen molar-refractivity contribution in [3.05, 3.63) is 29.3 Å². The summed E-state index contributed by atoms with van der Waals surface area (Å²) in [4.78, 5) is 12.6. The second-order valence-corrected chi connectivity index (χ2v) is 9.46. The van der Waals surface area contributed by atoms with Crippen LogP contribution in [0.1, 0.15) is 51.2 Å². The molecule has 1 heterocycles. The Morgan fingerprint density at radius 1 is 1.26 bits per heavy atom. The molecule has 0 fully saturated rings. The topological polar surface area (TPSA) is 64.1 Å². The molecular formula is C20H27N3O2S2. The monoisotopic (exact) mass is 405 g/mol. The molecule has 0 spiro atoms. The van der Waals surface area contributed by atoms with Crippen molar-refractivity contribution in [3.8, 4) is 5.75 Å². The highest BCUT2D eigenvalue weighted by atomic mass is 32.2. The van der Waals surface area contributed by atoms with Crippen LogP contribution in [0, 0.1) is 5.92 Å². The summed E-state index contributed by atoms with van der Waals surface area (Å²) in [6.07, 6.45) is 4.77. The molecule has 0 saturated heterocycles. The van der Waals surface area contributed by atoms with Crippen molar-refractivity contribution in [2.24, 2.45) is 5.92 Å². The lowest BCUT2D eigenvalue weighted by molar-refractivity contribution is -0.122. The van der Waals surface area contributed by atoms with E-state index in [1.807, 2.05) is 13.0 Å². The maximum absolute atomic E-state index is 12.6. The molecule has 0 bridgehead atoms. The highest BCUT2D eigenvalue weighted by molar-refractivity contribution is 8.01. The van der Waals surface area contributed by atoms with E-state index < -0.39 is 6.10 Å². The highest BCUT2D eigenvalue weighted by Crippen LogP contribution is 2.28. The van der Waals surface area contributed by atoms with Crippen molar-refractivity contribution in [3.63, 3.8) is 0 Å². The number of fused-ring (bicyclic) bond motifs is 1. The first-order chi connectivity index (χ1) is 13.0. The Hall–Kier alpha value is -1.60. The Morgan fingerprint density at radius 3 is 2.78 bits per heavy atom. The van der Waals surface area contributed by atoms with Gasteiger partial charge in [0.05, 0.1) is 0 Å². The molecule has 7 heteroatoms. The summed E-state index contributed by atoms with van der Waals surface area (Å²) in [6, 6.07) is 6.21. The zero-order valence-electron chi connectivity index (χ0n) is 16.2. The Labute approximate surface area is 169 Å². The summed E-state index contributed by atoms with van der Waals surface area (Å²) in [5.41, 5.74) is 2.76. The standard InChI is InChI=1S/C20H27N3O2S2/c1-4-17(25-16-10-9-14-7-5-6-8-15(14)11-16)18(24)21-19-22-23-20(27-19)26-12-13(2)3/h9-11,13,17H,4-8,12H2,1-3H3,(H,21,22,24). The van der Waals surface area contributed by atoms with Gasteiger partial charge in [0.1, 0.15) is 5.75 Å². The summed E-state index contributed by atoms with van der Waals surface area (Å²) in [7, 11) is 0. The fourth-order valence-electron chi connectivity index (χ4n) is 3.01. The van der Waals surface area contributed by atoms with Gasteiger partial charge in [0.15, 0.2) is 10.4 Å². The first-order valence-electron chi connectivity index (χ1n) is 9.60. The summed E-state index contributed by atoms with van der Waals surface area (Å²) < 4.78 is 6.87. The minimum Gasteiger partial charge on any atom is -0.481 e. The molecule has 0 radical (unpaired) electrons.